The van der Waals surface area contributed by atoms with E-state index in [2.05, 4.69) is 17.2 Å². The van der Waals surface area contributed by atoms with Crippen molar-refractivity contribution in [2.45, 2.75) is 0 Å². The molecule has 1 aromatic carbocycles. The number of primary amides is 1. The van der Waals surface area contributed by atoms with Gasteiger partial charge in [0.25, 0.3) is 5.91 Å². The van der Waals surface area contributed by atoms with E-state index < -0.39 is 5.91 Å². The number of carbonyl (C=O) groups is 2. The second-order valence-corrected chi connectivity index (χ2v) is 5.15. The molecule has 0 aliphatic rings. The first-order valence-corrected chi connectivity index (χ1v) is 6.92. The minimum absolute atomic E-state index is 0.262. The number of carbonyl (C=O) groups excluding carboxylic acids is 2. The van der Waals surface area contributed by atoms with Crippen LogP contribution in [0.3, 0.4) is 0 Å². The van der Waals surface area contributed by atoms with Gasteiger partial charge < -0.3 is 16.8 Å². The predicted octanol–water partition coefficient (Wildman–Crippen LogP) is 1.41. The zero-order valence-corrected chi connectivity index (χ0v) is 11.9. The van der Waals surface area contributed by atoms with E-state index in [9.17, 15) is 9.59 Å². The van der Waals surface area contributed by atoms with Gasteiger partial charge in [0.2, 0.25) is 5.91 Å². The third-order valence-corrected chi connectivity index (χ3v) is 3.55. The molecule has 2 amide bonds. The zero-order valence-electron chi connectivity index (χ0n) is 11.1. The van der Waals surface area contributed by atoms with Crippen molar-refractivity contribution in [1.82, 2.24) is 0 Å². The SMILES string of the molecule is NCC#Cc1ccc(C(=O)Nc2cccc(C(N)=O)c2)s1. The first-order chi connectivity index (χ1) is 10.1. The van der Waals surface area contributed by atoms with Gasteiger partial charge in [-0.05, 0) is 30.3 Å². The molecule has 5 nitrogen and oxygen atoms in total. The van der Waals surface area contributed by atoms with Gasteiger partial charge in [-0.3, -0.25) is 9.59 Å². The van der Waals surface area contributed by atoms with Crippen LogP contribution in [0.1, 0.15) is 24.9 Å². The minimum Gasteiger partial charge on any atom is -0.366 e. The highest BCUT2D eigenvalue weighted by Gasteiger charge is 2.10. The number of thiophene rings is 1. The van der Waals surface area contributed by atoms with Gasteiger partial charge >= 0.3 is 0 Å². The quantitative estimate of drug-likeness (QED) is 0.747. The number of hydrogen-bond acceptors (Lipinski definition) is 4. The molecule has 0 saturated heterocycles. The molecule has 2 rings (SSSR count). The van der Waals surface area contributed by atoms with Crippen molar-refractivity contribution in [2.75, 3.05) is 11.9 Å². The fraction of sp³-hybridized carbons (Fsp3) is 0.0667. The molecule has 0 unspecified atom stereocenters. The zero-order chi connectivity index (χ0) is 15.2. The Hall–Kier alpha value is -2.62. The maximum absolute atomic E-state index is 12.1. The smallest absolute Gasteiger partial charge is 0.265 e. The van der Waals surface area contributed by atoms with Gasteiger partial charge in [-0.15, -0.1) is 11.3 Å². The highest BCUT2D eigenvalue weighted by Crippen LogP contribution is 2.18. The maximum Gasteiger partial charge on any atom is 0.265 e. The van der Waals surface area contributed by atoms with Crippen molar-refractivity contribution < 1.29 is 9.59 Å². The molecule has 6 heteroatoms. The Morgan fingerprint density at radius 1 is 1.24 bits per heavy atom. The lowest BCUT2D eigenvalue weighted by Crippen LogP contribution is -2.13. The lowest BCUT2D eigenvalue weighted by Gasteiger charge is -2.04. The van der Waals surface area contributed by atoms with Gasteiger partial charge in [0, 0.05) is 11.3 Å². The molecule has 0 atom stereocenters. The van der Waals surface area contributed by atoms with Crippen molar-refractivity contribution in [1.29, 1.82) is 0 Å². The molecule has 0 bridgehead atoms. The normalized spacial score (nSPS) is 9.57. The summed E-state index contributed by atoms with van der Waals surface area (Å²) < 4.78 is 0. The average Bonchev–Trinajstić information content (AvgIpc) is 2.94. The van der Waals surface area contributed by atoms with E-state index in [1.54, 1.807) is 30.3 Å². The minimum atomic E-state index is -0.540. The third kappa shape index (κ3) is 3.92. The number of nitrogens with two attached hydrogens (primary N) is 2. The lowest BCUT2D eigenvalue weighted by molar-refractivity contribution is 0.0996. The average molecular weight is 299 g/mol. The van der Waals surface area contributed by atoms with Crippen molar-refractivity contribution in [2.24, 2.45) is 11.5 Å². The number of hydrogen-bond donors (Lipinski definition) is 3. The van der Waals surface area contributed by atoms with E-state index in [4.69, 9.17) is 11.5 Å². The molecule has 0 fully saturated rings. The summed E-state index contributed by atoms with van der Waals surface area (Å²) in [7, 11) is 0. The van der Waals surface area contributed by atoms with Crippen molar-refractivity contribution in [3.63, 3.8) is 0 Å². The van der Waals surface area contributed by atoms with Gasteiger partial charge in [-0.2, -0.15) is 0 Å². The summed E-state index contributed by atoms with van der Waals surface area (Å²) in [6.45, 7) is 0.277. The number of amides is 2. The number of rotatable bonds is 3. The standard InChI is InChI=1S/C15H13N3O2S/c16-8-2-5-12-6-7-13(21-12)15(20)18-11-4-1-3-10(9-11)14(17)19/h1,3-4,6-7,9H,8,16H2,(H2,17,19)(H,18,20). The Bertz CT molecular complexity index is 741. The molecule has 106 valence electrons. The van der Waals surface area contributed by atoms with Crippen molar-refractivity contribution in [3.8, 4) is 11.8 Å². The van der Waals surface area contributed by atoms with E-state index >= 15 is 0 Å². The van der Waals surface area contributed by atoms with E-state index in [0.29, 0.717) is 16.1 Å². The predicted molar refractivity (Wildman–Crippen MR) is 83.2 cm³/mol. The van der Waals surface area contributed by atoms with E-state index in [0.717, 1.165) is 4.88 Å². The Kier molecular flexibility index (Phi) is 4.72. The second-order valence-electron chi connectivity index (χ2n) is 4.07. The van der Waals surface area contributed by atoms with E-state index in [1.165, 1.54) is 17.4 Å². The van der Waals surface area contributed by atoms with Crippen LogP contribution in [0.4, 0.5) is 5.69 Å². The molecule has 1 heterocycles. The molecule has 0 aliphatic carbocycles. The van der Waals surface area contributed by atoms with E-state index in [1.807, 2.05) is 0 Å². The van der Waals surface area contributed by atoms with Crippen LogP contribution >= 0.6 is 11.3 Å². The monoisotopic (exact) mass is 299 g/mol. The van der Waals surface area contributed by atoms with Gasteiger partial charge in [0.05, 0.1) is 16.3 Å². The molecule has 0 spiro atoms. The van der Waals surface area contributed by atoms with Gasteiger partial charge in [0.15, 0.2) is 0 Å². The molecule has 5 N–H and O–H groups in total. The summed E-state index contributed by atoms with van der Waals surface area (Å²) in [6, 6.07) is 9.92. The van der Waals surface area contributed by atoms with Crippen LogP contribution in [0.15, 0.2) is 36.4 Å². The Morgan fingerprint density at radius 3 is 2.76 bits per heavy atom. The molecular formula is C15H13N3O2S. The van der Waals surface area contributed by atoms with Crippen LogP contribution in [0.2, 0.25) is 0 Å². The summed E-state index contributed by atoms with van der Waals surface area (Å²) in [5.74, 6) is 4.80. The maximum atomic E-state index is 12.1. The molecule has 21 heavy (non-hydrogen) atoms. The topological polar surface area (TPSA) is 98.2 Å². The summed E-state index contributed by atoms with van der Waals surface area (Å²) in [6.07, 6.45) is 0. The molecular weight excluding hydrogens is 286 g/mol. The molecule has 0 radical (unpaired) electrons. The first-order valence-electron chi connectivity index (χ1n) is 6.10. The summed E-state index contributed by atoms with van der Waals surface area (Å²) in [4.78, 5) is 24.5. The number of benzene rings is 1. The van der Waals surface area contributed by atoms with Crippen LogP contribution in [0.5, 0.6) is 0 Å². The largest absolute Gasteiger partial charge is 0.366 e. The van der Waals surface area contributed by atoms with Crippen LogP contribution in [-0.4, -0.2) is 18.4 Å². The molecule has 0 saturated carbocycles. The Morgan fingerprint density at radius 2 is 2.05 bits per heavy atom. The Balaban J connectivity index is 2.12. The van der Waals surface area contributed by atoms with Gasteiger partial charge in [0.1, 0.15) is 0 Å². The number of anilines is 1. The summed E-state index contributed by atoms with van der Waals surface area (Å²) in [5.41, 5.74) is 11.4. The van der Waals surface area contributed by atoms with Crippen molar-refractivity contribution >= 4 is 28.8 Å². The van der Waals surface area contributed by atoms with Crippen molar-refractivity contribution in [3.05, 3.63) is 51.7 Å². The van der Waals surface area contributed by atoms with Crippen LogP contribution in [-0.2, 0) is 0 Å². The molecule has 1 aromatic heterocycles. The van der Waals surface area contributed by atoms with Gasteiger partial charge in [-0.25, -0.2) is 0 Å². The highest BCUT2D eigenvalue weighted by atomic mass is 32.1. The fourth-order valence-electron chi connectivity index (χ4n) is 1.61. The first kappa shape index (κ1) is 14.8. The van der Waals surface area contributed by atoms with Gasteiger partial charge in [-0.1, -0.05) is 17.9 Å². The third-order valence-electron chi connectivity index (χ3n) is 2.55. The van der Waals surface area contributed by atoms with Crippen LogP contribution < -0.4 is 16.8 Å². The molecule has 0 aliphatic heterocycles. The number of nitrogens with one attached hydrogen (secondary N) is 1. The summed E-state index contributed by atoms with van der Waals surface area (Å²) >= 11 is 1.28. The second kappa shape index (κ2) is 6.70. The molecule has 2 aromatic rings. The Labute approximate surface area is 126 Å². The fourth-order valence-corrected chi connectivity index (χ4v) is 2.38. The summed E-state index contributed by atoms with van der Waals surface area (Å²) in [5, 5.41) is 2.71. The lowest BCUT2D eigenvalue weighted by atomic mass is 10.2. The highest BCUT2D eigenvalue weighted by molar-refractivity contribution is 7.14. The van der Waals surface area contributed by atoms with E-state index in [-0.39, 0.29) is 12.5 Å². The van der Waals surface area contributed by atoms with Crippen LogP contribution in [0, 0.1) is 11.8 Å². The van der Waals surface area contributed by atoms with Crippen LogP contribution in [0.25, 0.3) is 0 Å².